The number of carbonyl (C=O) groups excluding carboxylic acids is 1. The molecule has 1 aliphatic rings. The van der Waals surface area contributed by atoms with Gasteiger partial charge in [-0.2, -0.15) is 0 Å². The Morgan fingerprint density at radius 1 is 1.04 bits per heavy atom. The molecule has 126 valence electrons. The average molecular weight is 353 g/mol. The Bertz CT molecular complexity index is 891. The van der Waals surface area contributed by atoms with Crippen LogP contribution >= 0.6 is 11.8 Å². The number of fused-ring (bicyclic) bond motifs is 1. The molecule has 0 spiro atoms. The maximum absolute atomic E-state index is 12.4. The fraction of sp³-hybridized carbons (Fsp3) is 0.158. The Morgan fingerprint density at radius 2 is 1.84 bits per heavy atom. The second-order valence-electron chi connectivity index (χ2n) is 5.43. The molecule has 1 aromatic heterocycles. The van der Waals surface area contributed by atoms with Gasteiger partial charge in [-0.15, -0.1) is 0 Å². The van der Waals surface area contributed by atoms with Crippen molar-refractivity contribution in [2.45, 2.75) is 5.22 Å². The second-order valence-corrected chi connectivity index (χ2v) is 6.35. The monoisotopic (exact) mass is 353 g/mol. The Balaban J connectivity index is 1.41. The van der Waals surface area contributed by atoms with Gasteiger partial charge in [-0.1, -0.05) is 42.1 Å². The number of ether oxygens (including phenoxy) is 2. The van der Waals surface area contributed by atoms with Gasteiger partial charge in [0.2, 0.25) is 0 Å². The number of benzene rings is 2. The first kappa shape index (κ1) is 15.8. The normalized spacial score (nSPS) is 12.8. The molecule has 0 atom stereocenters. The van der Waals surface area contributed by atoms with Crippen LogP contribution in [0, 0.1) is 0 Å². The summed E-state index contributed by atoms with van der Waals surface area (Å²) in [6.07, 6.45) is 1.67. The van der Waals surface area contributed by atoms with Crippen molar-refractivity contribution in [3.8, 4) is 22.8 Å². The van der Waals surface area contributed by atoms with Crippen molar-refractivity contribution in [1.82, 2.24) is 4.98 Å². The molecule has 4 rings (SSSR count). The third kappa shape index (κ3) is 3.53. The topological polar surface area (TPSA) is 61.6 Å². The number of rotatable bonds is 5. The van der Waals surface area contributed by atoms with Crippen molar-refractivity contribution in [2.75, 3.05) is 19.0 Å². The fourth-order valence-electron chi connectivity index (χ4n) is 2.49. The van der Waals surface area contributed by atoms with Crippen LogP contribution in [-0.4, -0.2) is 29.7 Å². The number of aromatic nitrogens is 1. The van der Waals surface area contributed by atoms with Crippen molar-refractivity contribution in [1.29, 1.82) is 0 Å². The van der Waals surface area contributed by atoms with Crippen LogP contribution in [0.1, 0.15) is 10.4 Å². The molecule has 0 amide bonds. The molecular weight excluding hydrogens is 338 g/mol. The highest BCUT2D eigenvalue weighted by Gasteiger charge is 2.16. The van der Waals surface area contributed by atoms with Gasteiger partial charge in [0, 0.05) is 11.1 Å². The lowest BCUT2D eigenvalue weighted by Crippen LogP contribution is -2.16. The molecule has 6 heteroatoms. The van der Waals surface area contributed by atoms with Gasteiger partial charge in [-0.25, -0.2) is 4.98 Å². The van der Waals surface area contributed by atoms with Crippen LogP contribution in [0.15, 0.2) is 64.4 Å². The number of ketones is 1. The summed E-state index contributed by atoms with van der Waals surface area (Å²) in [5.74, 6) is 2.21. The number of nitrogens with zero attached hydrogens (tertiary/aromatic N) is 1. The largest absolute Gasteiger partial charge is 0.486 e. The van der Waals surface area contributed by atoms with Crippen molar-refractivity contribution in [2.24, 2.45) is 0 Å². The summed E-state index contributed by atoms with van der Waals surface area (Å²) in [5, 5.41) is 0.477. The maximum Gasteiger partial charge on any atom is 0.256 e. The van der Waals surface area contributed by atoms with E-state index in [0.717, 1.165) is 5.56 Å². The van der Waals surface area contributed by atoms with Crippen LogP contribution in [0.3, 0.4) is 0 Å². The van der Waals surface area contributed by atoms with Crippen molar-refractivity contribution >= 4 is 17.5 Å². The lowest BCUT2D eigenvalue weighted by atomic mass is 10.1. The van der Waals surface area contributed by atoms with E-state index < -0.39 is 0 Å². The molecule has 25 heavy (non-hydrogen) atoms. The van der Waals surface area contributed by atoms with E-state index in [2.05, 4.69) is 4.98 Å². The van der Waals surface area contributed by atoms with Crippen LogP contribution < -0.4 is 9.47 Å². The zero-order chi connectivity index (χ0) is 17.1. The summed E-state index contributed by atoms with van der Waals surface area (Å²) < 4.78 is 16.7. The summed E-state index contributed by atoms with van der Waals surface area (Å²) in [7, 11) is 0. The van der Waals surface area contributed by atoms with Crippen molar-refractivity contribution in [3.63, 3.8) is 0 Å². The molecule has 2 aromatic carbocycles. The predicted molar refractivity (Wildman–Crippen MR) is 94.4 cm³/mol. The molecule has 0 saturated heterocycles. The van der Waals surface area contributed by atoms with Gasteiger partial charge in [-0.3, -0.25) is 4.79 Å². The van der Waals surface area contributed by atoms with Crippen molar-refractivity contribution < 1.29 is 18.7 Å². The van der Waals surface area contributed by atoms with E-state index in [0.29, 0.717) is 41.3 Å². The van der Waals surface area contributed by atoms with Gasteiger partial charge < -0.3 is 13.9 Å². The van der Waals surface area contributed by atoms with Gasteiger partial charge in [-0.05, 0) is 18.2 Å². The molecule has 0 aliphatic carbocycles. The number of hydrogen-bond acceptors (Lipinski definition) is 6. The molecular formula is C19H15NO4S. The molecule has 0 N–H and O–H groups in total. The van der Waals surface area contributed by atoms with E-state index in [-0.39, 0.29) is 11.5 Å². The fourth-order valence-corrected chi connectivity index (χ4v) is 3.19. The van der Waals surface area contributed by atoms with Gasteiger partial charge in [0.15, 0.2) is 23.0 Å². The van der Waals surface area contributed by atoms with Crippen molar-refractivity contribution in [3.05, 3.63) is 60.3 Å². The van der Waals surface area contributed by atoms with Gasteiger partial charge in [0.1, 0.15) is 13.2 Å². The van der Waals surface area contributed by atoms with Gasteiger partial charge in [0.05, 0.1) is 11.9 Å². The zero-order valence-electron chi connectivity index (χ0n) is 13.3. The Morgan fingerprint density at radius 3 is 2.68 bits per heavy atom. The number of Topliss-reactive ketones (excluding diaryl/α,β-unsaturated/α-hetero) is 1. The molecule has 0 bridgehead atoms. The quantitative estimate of drug-likeness (QED) is 0.509. The van der Waals surface area contributed by atoms with E-state index >= 15 is 0 Å². The summed E-state index contributed by atoms with van der Waals surface area (Å²) in [6, 6.07) is 15.0. The summed E-state index contributed by atoms with van der Waals surface area (Å²) >= 11 is 1.28. The van der Waals surface area contributed by atoms with E-state index in [1.165, 1.54) is 11.8 Å². The highest BCUT2D eigenvalue weighted by atomic mass is 32.2. The predicted octanol–water partition coefficient (Wildman–Crippen LogP) is 4.09. The highest BCUT2D eigenvalue weighted by molar-refractivity contribution is 7.99. The highest BCUT2D eigenvalue weighted by Crippen LogP contribution is 2.31. The first-order valence-corrected chi connectivity index (χ1v) is 8.85. The third-order valence-corrected chi connectivity index (χ3v) is 4.58. The summed E-state index contributed by atoms with van der Waals surface area (Å²) in [6.45, 7) is 1.03. The van der Waals surface area contributed by atoms with Crippen LogP contribution in [-0.2, 0) is 0 Å². The lowest BCUT2D eigenvalue weighted by molar-refractivity contribution is 0.102. The number of oxazole rings is 1. The molecule has 0 fully saturated rings. The lowest BCUT2D eigenvalue weighted by Gasteiger charge is -2.18. The Labute approximate surface area is 149 Å². The Hall–Kier alpha value is -2.73. The molecule has 0 unspecified atom stereocenters. The van der Waals surface area contributed by atoms with E-state index in [4.69, 9.17) is 13.9 Å². The minimum absolute atomic E-state index is 0.0126. The van der Waals surface area contributed by atoms with Gasteiger partial charge >= 0.3 is 0 Å². The molecule has 3 aromatic rings. The average Bonchev–Trinajstić information content (AvgIpc) is 3.15. The van der Waals surface area contributed by atoms with Gasteiger partial charge in [0.25, 0.3) is 5.22 Å². The third-order valence-electron chi connectivity index (χ3n) is 3.73. The summed E-state index contributed by atoms with van der Waals surface area (Å²) in [5.41, 5.74) is 1.55. The molecule has 1 aliphatic heterocycles. The molecule has 2 heterocycles. The van der Waals surface area contributed by atoms with E-state index in [1.807, 2.05) is 30.3 Å². The maximum atomic E-state index is 12.4. The van der Waals surface area contributed by atoms with Crippen LogP contribution in [0.5, 0.6) is 11.5 Å². The molecule has 0 saturated carbocycles. The SMILES string of the molecule is O=C(CSc1ncc(-c2ccccc2)o1)c1ccc2c(c1)OCCO2. The number of thioether (sulfide) groups is 1. The molecule has 5 nitrogen and oxygen atoms in total. The van der Waals surface area contributed by atoms with Crippen LogP contribution in [0.25, 0.3) is 11.3 Å². The van der Waals surface area contributed by atoms with E-state index in [9.17, 15) is 4.79 Å². The molecule has 0 radical (unpaired) electrons. The Kier molecular flexibility index (Phi) is 4.43. The first-order chi connectivity index (χ1) is 12.3. The van der Waals surface area contributed by atoms with Crippen LogP contribution in [0.4, 0.5) is 0 Å². The van der Waals surface area contributed by atoms with Crippen LogP contribution in [0.2, 0.25) is 0 Å². The second kappa shape index (κ2) is 7.03. The standard InChI is InChI=1S/C19H15NO4S/c21-15(14-6-7-16-17(10-14)23-9-8-22-16)12-25-19-20-11-18(24-19)13-4-2-1-3-5-13/h1-7,10-11H,8-9,12H2. The minimum atomic E-state index is -0.0126. The summed E-state index contributed by atoms with van der Waals surface area (Å²) in [4.78, 5) is 16.6. The number of carbonyl (C=O) groups is 1. The first-order valence-electron chi connectivity index (χ1n) is 7.86. The smallest absolute Gasteiger partial charge is 0.256 e. The van der Waals surface area contributed by atoms with E-state index in [1.54, 1.807) is 24.4 Å². The minimum Gasteiger partial charge on any atom is -0.486 e. The number of hydrogen-bond donors (Lipinski definition) is 0. The zero-order valence-corrected chi connectivity index (χ0v) is 14.1.